The summed E-state index contributed by atoms with van der Waals surface area (Å²) in [6.07, 6.45) is 0. The molecule has 5 rings (SSSR count). The van der Waals surface area contributed by atoms with E-state index in [2.05, 4.69) is 45.5 Å². The van der Waals surface area contributed by atoms with Gasteiger partial charge in [0.05, 0.1) is 26.0 Å². The van der Waals surface area contributed by atoms with Crippen molar-refractivity contribution in [2.45, 2.75) is 6.92 Å². The molecule has 0 atom stereocenters. The van der Waals surface area contributed by atoms with Gasteiger partial charge in [0.2, 0.25) is 5.95 Å². The molecule has 0 spiro atoms. The van der Waals surface area contributed by atoms with Gasteiger partial charge in [0.1, 0.15) is 5.75 Å². The molecule has 0 amide bonds. The molecular weight excluding hydrogens is 390 g/mol. The summed E-state index contributed by atoms with van der Waals surface area (Å²) in [6, 6.07) is 20.5. The highest BCUT2D eigenvalue weighted by Crippen LogP contribution is 2.27. The van der Waals surface area contributed by atoms with E-state index in [-0.39, 0.29) is 0 Å². The smallest absolute Gasteiger partial charge is 0.247 e. The van der Waals surface area contributed by atoms with E-state index >= 15 is 0 Å². The Morgan fingerprint density at radius 1 is 1.00 bits per heavy atom. The summed E-state index contributed by atoms with van der Waals surface area (Å²) in [6.45, 7) is 5.45. The normalized spacial score (nSPS) is 14.1. The minimum absolute atomic E-state index is 0.566. The lowest BCUT2D eigenvalue weighted by Crippen LogP contribution is -2.36. The summed E-state index contributed by atoms with van der Waals surface area (Å²) >= 11 is 0. The highest BCUT2D eigenvalue weighted by atomic mass is 16.5. The zero-order valence-electron chi connectivity index (χ0n) is 17.7. The highest BCUT2D eigenvalue weighted by Gasteiger charge is 2.12. The molecule has 0 aliphatic carbocycles. The molecule has 2 aromatic heterocycles. The second-order valence-electron chi connectivity index (χ2n) is 7.57. The van der Waals surface area contributed by atoms with Gasteiger partial charge >= 0.3 is 0 Å². The molecule has 0 unspecified atom stereocenters. The number of aryl methyl sites for hydroxylation is 1. The van der Waals surface area contributed by atoms with E-state index in [1.807, 2.05) is 41.8 Å². The third-order valence-corrected chi connectivity index (χ3v) is 5.55. The van der Waals surface area contributed by atoms with Gasteiger partial charge in [-0.15, -0.1) is 5.10 Å². The lowest BCUT2D eigenvalue weighted by Gasteiger charge is -2.28. The first kappa shape index (κ1) is 19.4. The van der Waals surface area contributed by atoms with Crippen molar-refractivity contribution in [3.8, 4) is 17.0 Å². The minimum Gasteiger partial charge on any atom is -0.496 e. The second kappa shape index (κ2) is 8.28. The molecule has 31 heavy (non-hydrogen) atoms. The van der Waals surface area contributed by atoms with Crippen LogP contribution in [0.4, 0.5) is 17.3 Å². The van der Waals surface area contributed by atoms with Crippen molar-refractivity contribution < 1.29 is 9.47 Å². The van der Waals surface area contributed by atoms with Crippen molar-refractivity contribution in [3.05, 3.63) is 66.2 Å². The molecule has 7 nitrogen and oxygen atoms in total. The lowest BCUT2D eigenvalue weighted by molar-refractivity contribution is 0.122. The Morgan fingerprint density at radius 3 is 2.55 bits per heavy atom. The van der Waals surface area contributed by atoms with Crippen molar-refractivity contribution in [2.24, 2.45) is 0 Å². The molecule has 158 valence electrons. The highest BCUT2D eigenvalue weighted by molar-refractivity contribution is 5.67. The number of nitrogens with one attached hydrogen (secondary N) is 1. The number of rotatable bonds is 5. The van der Waals surface area contributed by atoms with Crippen molar-refractivity contribution in [1.82, 2.24) is 14.6 Å². The maximum atomic E-state index is 5.43. The quantitative estimate of drug-likeness (QED) is 0.525. The first-order valence-electron chi connectivity index (χ1n) is 10.4. The molecule has 0 saturated carbocycles. The van der Waals surface area contributed by atoms with E-state index in [4.69, 9.17) is 14.6 Å². The monoisotopic (exact) mass is 415 g/mol. The van der Waals surface area contributed by atoms with E-state index in [1.54, 1.807) is 7.11 Å². The number of anilines is 3. The van der Waals surface area contributed by atoms with Crippen molar-refractivity contribution in [1.29, 1.82) is 0 Å². The fourth-order valence-electron chi connectivity index (χ4n) is 3.92. The number of ether oxygens (including phenoxy) is 2. The van der Waals surface area contributed by atoms with Crippen molar-refractivity contribution >= 4 is 23.0 Å². The fraction of sp³-hybridized carbons (Fsp3) is 0.250. The number of methoxy groups -OCH3 is 1. The Bertz CT molecular complexity index is 1200. The van der Waals surface area contributed by atoms with Gasteiger partial charge in [0.15, 0.2) is 5.65 Å². The topological polar surface area (TPSA) is 63.9 Å². The van der Waals surface area contributed by atoms with Crippen LogP contribution in [0.3, 0.4) is 0 Å². The summed E-state index contributed by atoms with van der Waals surface area (Å²) < 4.78 is 12.7. The van der Waals surface area contributed by atoms with Gasteiger partial charge in [-0.25, -0.2) is 4.52 Å². The number of morpholine rings is 1. The van der Waals surface area contributed by atoms with Crippen molar-refractivity contribution in [2.75, 3.05) is 43.6 Å². The van der Waals surface area contributed by atoms with Crippen LogP contribution in [0.15, 0.2) is 60.7 Å². The average molecular weight is 415 g/mol. The first-order chi connectivity index (χ1) is 15.2. The number of hydrogen-bond donors (Lipinski definition) is 1. The number of fused-ring (bicyclic) bond motifs is 1. The Kier molecular flexibility index (Phi) is 5.18. The van der Waals surface area contributed by atoms with Crippen LogP contribution < -0.4 is 15.0 Å². The van der Waals surface area contributed by atoms with Gasteiger partial charge in [-0.2, -0.15) is 4.98 Å². The van der Waals surface area contributed by atoms with Crippen LogP contribution in [0.2, 0.25) is 0 Å². The Morgan fingerprint density at radius 2 is 1.81 bits per heavy atom. The van der Waals surface area contributed by atoms with Crippen LogP contribution in [0, 0.1) is 6.92 Å². The summed E-state index contributed by atoms with van der Waals surface area (Å²) in [7, 11) is 1.69. The maximum absolute atomic E-state index is 5.43. The van der Waals surface area contributed by atoms with Crippen molar-refractivity contribution in [3.63, 3.8) is 0 Å². The van der Waals surface area contributed by atoms with Crippen LogP contribution in [0.1, 0.15) is 5.56 Å². The van der Waals surface area contributed by atoms with E-state index in [9.17, 15) is 0 Å². The number of aromatic nitrogens is 3. The zero-order valence-corrected chi connectivity index (χ0v) is 17.7. The van der Waals surface area contributed by atoms with Gasteiger partial charge in [0.25, 0.3) is 0 Å². The molecule has 1 saturated heterocycles. The number of hydrogen-bond acceptors (Lipinski definition) is 6. The van der Waals surface area contributed by atoms with Gasteiger partial charge in [-0.1, -0.05) is 6.07 Å². The zero-order chi connectivity index (χ0) is 21.2. The molecule has 3 heterocycles. The van der Waals surface area contributed by atoms with E-state index < -0.39 is 0 Å². The van der Waals surface area contributed by atoms with E-state index in [0.29, 0.717) is 5.95 Å². The van der Waals surface area contributed by atoms with Crippen LogP contribution >= 0.6 is 0 Å². The lowest BCUT2D eigenvalue weighted by atomic mass is 10.1. The fourth-order valence-corrected chi connectivity index (χ4v) is 3.92. The molecular formula is C24H25N5O2. The van der Waals surface area contributed by atoms with Crippen LogP contribution in [-0.2, 0) is 4.74 Å². The SMILES string of the molecule is COc1ccc(-c2cccc3nc(Nc4ccc(N5CCOCC5)cc4)nn23)cc1C. The average Bonchev–Trinajstić information content (AvgIpc) is 3.22. The predicted octanol–water partition coefficient (Wildman–Crippen LogP) is 4.29. The van der Waals surface area contributed by atoms with E-state index in [1.165, 1.54) is 5.69 Å². The molecule has 7 heteroatoms. The van der Waals surface area contributed by atoms with Crippen LogP contribution in [0.5, 0.6) is 5.75 Å². The molecule has 1 aliphatic rings. The Labute approximate surface area is 181 Å². The third kappa shape index (κ3) is 3.92. The molecule has 2 aromatic carbocycles. The number of nitrogens with zero attached hydrogens (tertiary/aromatic N) is 4. The second-order valence-corrected chi connectivity index (χ2v) is 7.57. The van der Waals surface area contributed by atoms with E-state index in [0.717, 1.165) is 60.2 Å². The standard InChI is InChI=1S/C24H25N5O2/c1-17-16-18(6-11-22(17)30-2)21-4-3-5-23-26-24(27-29(21)23)25-19-7-9-20(10-8-19)28-12-14-31-15-13-28/h3-11,16H,12-15H2,1-2H3,(H,25,27). The Hall–Kier alpha value is -3.58. The Balaban J connectivity index is 1.40. The van der Waals surface area contributed by atoms with Gasteiger partial charge in [0, 0.05) is 30.0 Å². The van der Waals surface area contributed by atoms with Gasteiger partial charge < -0.3 is 19.7 Å². The maximum Gasteiger partial charge on any atom is 0.247 e. The molecule has 4 aromatic rings. The van der Waals surface area contributed by atoms with Crippen LogP contribution in [-0.4, -0.2) is 48.0 Å². The third-order valence-electron chi connectivity index (χ3n) is 5.55. The van der Waals surface area contributed by atoms with Gasteiger partial charge in [-0.3, -0.25) is 0 Å². The number of benzene rings is 2. The molecule has 0 bridgehead atoms. The largest absolute Gasteiger partial charge is 0.496 e. The predicted molar refractivity (Wildman–Crippen MR) is 122 cm³/mol. The van der Waals surface area contributed by atoms with Crippen LogP contribution in [0.25, 0.3) is 16.9 Å². The molecule has 1 aliphatic heterocycles. The van der Waals surface area contributed by atoms with Gasteiger partial charge in [-0.05, 0) is 67.1 Å². The summed E-state index contributed by atoms with van der Waals surface area (Å²) in [5.74, 6) is 1.44. The number of pyridine rings is 1. The summed E-state index contributed by atoms with van der Waals surface area (Å²) in [4.78, 5) is 6.98. The molecule has 1 fully saturated rings. The molecule has 1 N–H and O–H groups in total. The summed E-state index contributed by atoms with van der Waals surface area (Å²) in [5, 5.41) is 8.03. The summed E-state index contributed by atoms with van der Waals surface area (Å²) in [5.41, 5.74) is 6.07. The first-order valence-corrected chi connectivity index (χ1v) is 10.4. The molecule has 0 radical (unpaired) electrons. The minimum atomic E-state index is 0.566.